The van der Waals surface area contributed by atoms with Crippen molar-refractivity contribution in [2.45, 2.75) is 18.8 Å². The number of hydrogen-bond donors (Lipinski definition) is 0. The van der Waals surface area contributed by atoms with E-state index < -0.39 is 41.7 Å². The van der Waals surface area contributed by atoms with Gasteiger partial charge in [-0.2, -0.15) is 31.4 Å². The molecule has 0 spiro atoms. The molecule has 3 aromatic rings. The second-order valence-electron chi connectivity index (χ2n) is 5.73. The summed E-state index contributed by atoms with van der Waals surface area (Å²) in [6, 6.07) is 4.39. The van der Waals surface area contributed by atoms with Crippen molar-refractivity contribution in [3.63, 3.8) is 0 Å². The maximum Gasteiger partial charge on any atom is 0.435 e. The number of pyridine rings is 1. The van der Waals surface area contributed by atoms with E-state index in [1.165, 1.54) is 0 Å². The van der Waals surface area contributed by atoms with E-state index in [0.29, 0.717) is 30.5 Å². The largest absolute Gasteiger partial charge is 0.435 e. The predicted octanol–water partition coefficient (Wildman–Crippen LogP) is 5.17. The number of aromatic nitrogens is 3. The molecule has 1 aromatic carbocycles. The highest BCUT2D eigenvalue weighted by Gasteiger charge is 2.35. The Balaban J connectivity index is 2.05. The standard InChI is InChI=1S/C17H9F8N3/c18-10-5-13(19)14(26-8-10)6-12-7-15(17(23,24)25)27-28(12)11-3-1-9(2-4-11)16(20,21)22/h1-5,7-8H,6H2. The van der Waals surface area contributed by atoms with Crippen LogP contribution >= 0.6 is 0 Å². The predicted molar refractivity (Wildman–Crippen MR) is 80.5 cm³/mol. The molecule has 0 amide bonds. The number of rotatable bonds is 3. The average Bonchev–Trinajstić information content (AvgIpc) is 3.01. The number of halogens is 8. The van der Waals surface area contributed by atoms with Gasteiger partial charge in [0.2, 0.25) is 0 Å². The zero-order chi connectivity index (χ0) is 20.7. The number of benzene rings is 1. The molecule has 0 aliphatic carbocycles. The highest BCUT2D eigenvalue weighted by Crippen LogP contribution is 2.32. The van der Waals surface area contributed by atoms with Crippen LogP contribution in [0, 0.1) is 11.6 Å². The Hall–Kier alpha value is -2.98. The molecule has 3 nitrogen and oxygen atoms in total. The Kier molecular flexibility index (Phi) is 4.86. The zero-order valence-corrected chi connectivity index (χ0v) is 13.6. The van der Waals surface area contributed by atoms with Gasteiger partial charge in [0.1, 0.15) is 11.6 Å². The van der Waals surface area contributed by atoms with Crippen molar-refractivity contribution in [2.24, 2.45) is 0 Å². The summed E-state index contributed by atoms with van der Waals surface area (Å²) in [6.07, 6.45) is -9.25. The van der Waals surface area contributed by atoms with Gasteiger partial charge in [-0.15, -0.1) is 0 Å². The maximum atomic E-state index is 13.8. The summed E-state index contributed by atoms with van der Waals surface area (Å²) in [5.74, 6) is -2.04. The fraction of sp³-hybridized carbons (Fsp3) is 0.176. The summed E-state index contributed by atoms with van der Waals surface area (Å²) in [5.41, 5.74) is -2.94. The molecule has 28 heavy (non-hydrogen) atoms. The number of nitrogens with zero attached hydrogens (tertiary/aromatic N) is 3. The SMILES string of the molecule is Fc1cnc(Cc2cc(C(F)(F)F)nn2-c2ccc(C(F)(F)F)cc2)c(F)c1. The minimum absolute atomic E-state index is 0.0963. The van der Waals surface area contributed by atoms with Gasteiger partial charge in [-0.25, -0.2) is 13.5 Å². The lowest BCUT2D eigenvalue weighted by Gasteiger charge is -2.10. The van der Waals surface area contributed by atoms with E-state index in [4.69, 9.17) is 0 Å². The smallest absolute Gasteiger partial charge is 0.255 e. The summed E-state index contributed by atoms with van der Waals surface area (Å²) in [7, 11) is 0. The average molecular weight is 407 g/mol. The van der Waals surface area contributed by atoms with Crippen LogP contribution in [0.1, 0.15) is 22.6 Å². The first-order valence-corrected chi connectivity index (χ1v) is 7.59. The molecule has 2 heterocycles. The first-order chi connectivity index (χ1) is 12.9. The lowest BCUT2D eigenvalue weighted by molar-refractivity contribution is -0.141. The second kappa shape index (κ2) is 6.88. The van der Waals surface area contributed by atoms with Gasteiger partial charge in [0.25, 0.3) is 0 Å². The molecule has 0 atom stereocenters. The third kappa shape index (κ3) is 4.12. The van der Waals surface area contributed by atoms with E-state index >= 15 is 0 Å². The van der Waals surface area contributed by atoms with E-state index in [-0.39, 0.29) is 17.1 Å². The van der Waals surface area contributed by atoms with Crippen molar-refractivity contribution in [3.8, 4) is 5.69 Å². The molecular formula is C17H9F8N3. The van der Waals surface area contributed by atoms with E-state index in [0.717, 1.165) is 16.8 Å². The zero-order valence-electron chi connectivity index (χ0n) is 13.6. The third-order valence-electron chi connectivity index (χ3n) is 3.75. The minimum atomic E-state index is -4.83. The Labute approximate surface area is 152 Å². The maximum absolute atomic E-state index is 13.8. The highest BCUT2D eigenvalue weighted by atomic mass is 19.4. The molecule has 0 bridgehead atoms. The highest BCUT2D eigenvalue weighted by molar-refractivity contribution is 5.38. The van der Waals surface area contributed by atoms with Crippen molar-refractivity contribution >= 4 is 0 Å². The van der Waals surface area contributed by atoms with Gasteiger partial charge >= 0.3 is 12.4 Å². The Bertz CT molecular complexity index is 987. The van der Waals surface area contributed by atoms with E-state index in [1.807, 2.05) is 0 Å². The van der Waals surface area contributed by atoms with Crippen molar-refractivity contribution in [3.05, 3.63) is 76.9 Å². The first-order valence-electron chi connectivity index (χ1n) is 7.59. The lowest BCUT2D eigenvalue weighted by atomic mass is 10.1. The fourth-order valence-corrected chi connectivity index (χ4v) is 2.44. The molecule has 148 valence electrons. The van der Waals surface area contributed by atoms with Gasteiger partial charge < -0.3 is 0 Å². The van der Waals surface area contributed by atoms with Crippen LogP contribution < -0.4 is 0 Å². The Morgan fingerprint density at radius 3 is 2.04 bits per heavy atom. The van der Waals surface area contributed by atoms with Crippen LogP contribution in [0.4, 0.5) is 35.1 Å². The van der Waals surface area contributed by atoms with Gasteiger partial charge in [-0.1, -0.05) is 0 Å². The molecule has 0 aliphatic heterocycles. The molecule has 0 N–H and O–H groups in total. The van der Waals surface area contributed by atoms with E-state index in [9.17, 15) is 35.1 Å². The molecule has 0 radical (unpaired) electrons. The van der Waals surface area contributed by atoms with E-state index in [2.05, 4.69) is 10.1 Å². The molecule has 0 aliphatic rings. The van der Waals surface area contributed by atoms with Crippen LogP contribution in [0.3, 0.4) is 0 Å². The molecule has 0 unspecified atom stereocenters. The summed E-state index contributed by atoms with van der Waals surface area (Å²) in [4.78, 5) is 3.50. The minimum Gasteiger partial charge on any atom is -0.255 e. The molecule has 2 aromatic heterocycles. The quantitative estimate of drug-likeness (QED) is 0.561. The Morgan fingerprint density at radius 1 is 0.857 bits per heavy atom. The first kappa shape index (κ1) is 19.8. The van der Waals surface area contributed by atoms with Crippen molar-refractivity contribution in [1.82, 2.24) is 14.8 Å². The number of hydrogen-bond acceptors (Lipinski definition) is 2. The summed E-state index contributed by atoms with van der Waals surface area (Å²) < 4.78 is 105. The molecule has 3 rings (SSSR count). The normalized spacial score (nSPS) is 12.4. The van der Waals surface area contributed by atoms with Crippen molar-refractivity contribution < 1.29 is 35.1 Å². The molecule has 11 heteroatoms. The molecule has 0 saturated carbocycles. The van der Waals surface area contributed by atoms with Crippen LogP contribution in [-0.2, 0) is 18.8 Å². The third-order valence-corrected chi connectivity index (χ3v) is 3.75. The molecule has 0 saturated heterocycles. The van der Waals surface area contributed by atoms with Gasteiger partial charge in [0.15, 0.2) is 5.69 Å². The van der Waals surface area contributed by atoms with Gasteiger partial charge in [0.05, 0.1) is 28.8 Å². The van der Waals surface area contributed by atoms with Gasteiger partial charge in [0, 0.05) is 12.5 Å². The fourth-order valence-electron chi connectivity index (χ4n) is 2.44. The topological polar surface area (TPSA) is 30.7 Å². The van der Waals surface area contributed by atoms with Gasteiger partial charge in [-0.05, 0) is 30.3 Å². The molecular weight excluding hydrogens is 398 g/mol. The van der Waals surface area contributed by atoms with Crippen LogP contribution in [0.15, 0.2) is 42.6 Å². The molecule has 0 fully saturated rings. The van der Waals surface area contributed by atoms with Crippen molar-refractivity contribution in [1.29, 1.82) is 0 Å². The van der Waals surface area contributed by atoms with Crippen LogP contribution in [0.2, 0.25) is 0 Å². The van der Waals surface area contributed by atoms with E-state index in [1.54, 1.807) is 0 Å². The Morgan fingerprint density at radius 2 is 1.50 bits per heavy atom. The summed E-state index contributed by atoms with van der Waals surface area (Å²) >= 11 is 0. The van der Waals surface area contributed by atoms with Crippen LogP contribution in [-0.4, -0.2) is 14.8 Å². The second-order valence-corrected chi connectivity index (χ2v) is 5.73. The monoisotopic (exact) mass is 407 g/mol. The summed E-state index contributed by atoms with van der Waals surface area (Å²) in [6.45, 7) is 0. The van der Waals surface area contributed by atoms with Crippen LogP contribution in [0.5, 0.6) is 0 Å². The van der Waals surface area contributed by atoms with Crippen LogP contribution in [0.25, 0.3) is 5.69 Å². The van der Waals surface area contributed by atoms with Crippen molar-refractivity contribution in [2.75, 3.05) is 0 Å². The number of alkyl halides is 6. The van der Waals surface area contributed by atoms with Gasteiger partial charge in [-0.3, -0.25) is 4.98 Å². The summed E-state index contributed by atoms with van der Waals surface area (Å²) in [5, 5.41) is 3.37. The lowest BCUT2D eigenvalue weighted by Crippen LogP contribution is -2.09.